The zero-order chi connectivity index (χ0) is 15.2. The molecule has 0 aliphatic rings. The number of carbonyl (C=O) groups is 1. The predicted molar refractivity (Wildman–Crippen MR) is 84.5 cm³/mol. The first-order valence-electron chi connectivity index (χ1n) is 6.56. The number of rotatable bonds is 1. The summed E-state index contributed by atoms with van der Waals surface area (Å²) in [5.74, 6) is 0. The van der Waals surface area contributed by atoms with Crippen molar-refractivity contribution in [2.24, 2.45) is 7.05 Å². The summed E-state index contributed by atoms with van der Waals surface area (Å²) in [4.78, 5) is 14.1. The van der Waals surface area contributed by atoms with E-state index in [0.717, 1.165) is 28.2 Å². The monoisotopic (exact) mass is 285 g/mol. The van der Waals surface area contributed by atoms with Gasteiger partial charge in [0.15, 0.2) is 0 Å². The van der Waals surface area contributed by atoms with Gasteiger partial charge in [0.2, 0.25) is 0 Å². The Morgan fingerprint density at radius 1 is 1.10 bits per heavy atom. The Hall–Kier alpha value is -2.53. The summed E-state index contributed by atoms with van der Waals surface area (Å²) in [6, 6.07) is 11.9. The molecule has 0 fully saturated rings. The lowest BCUT2D eigenvalue weighted by molar-refractivity contribution is -0.103. The molecule has 0 bridgehead atoms. The maximum absolute atomic E-state index is 10.8. The second kappa shape index (κ2) is 6.76. The lowest BCUT2D eigenvalue weighted by Gasteiger charge is -2.02. The van der Waals surface area contributed by atoms with Gasteiger partial charge in [-0.3, -0.25) is 14.0 Å². The molecule has 1 N–H and O–H groups in total. The number of methoxy groups -OCH3 is 1. The Morgan fingerprint density at radius 2 is 1.76 bits per heavy atom. The molecule has 2 heterocycles. The number of carbonyl (C=O) groups excluding carboxylic acids is 1. The third-order valence-corrected chi connectivity index (χ3v) is 3.08. The summed E-state index contributed by atoms with van der Waals surface area (Å²) in [6.07, 6.45) is 4.31. The number of aromatic nitrogens is 3. The summed E-state index contributed by atoms with van der Waals surface area (Å²) in [6.45, 7) is 0. The number of nitrogens with one attached hydrogen (secondary N) is 1. The van der Waals surface area contributed by atoms with Crippen LogP contribution in [0.5, 0.6) is 0 Å². The standard InChI is InChI=1S/C14H13N3O.C2H6O/c1-16-13-6-3-2-5-11(13)15-12(8-10-18)14-7-4-9-17(14)16;1-3-2/h2-10,15H,1H3;1-2H3/b12-8+;. The highest BCUT2D eigenvalue weighted by Gasteiger charge is 2.00. The molecule has 1 aromatic carbocycles. The maximum atomic E-state index is 10.8. The van der Waals surface area contributed by atoms with Gasteiger partial charge in [-0.15, -0.1) is 0 Å². The number of aldehydes is 1. The minimum atomic E-state index is 0.798. The quantitative estimate of drug-likeness (QED) is 0.694. The van der Waals surface area contributed by atoms with Gasteiger partial charge in [0.25, 0.3) is 0 Å². The van der Waals surface area contributed by atoms with E-state index in [1.807, 2.05) is 58.8 Å². The van der Waals surface area contributed by atoms with E-state index in [-0.39, 0.29) is 0 Å². The fourth-order valence-corrected chi connectivity index (χ4v) is 2.23. The molecule has 0 amide bonds. The van der Waals surface area contributed by atoms with E-state index in [1.54, 1.807) is 20.3 Å². The average molecular weight is 285 g/mol. The zero-order valence-electron chi connectivity index (χ0n) is 12.4. The molecule has 5 heteroatoms. The van der Waals surface area contributed by atoms with Crippen molar-refractivity contribution in [1.82, 2.24) is 14.2 Å². The number of hydrogen-bond acceptors (Lipinski definition) is 2. The van der Waals surface area contributed by atoms with Crippen LogP contribution in [0.3, 0.4) is 0 Å². The minimum absolute atomic E-state index is 0.798. The highest BCUT2D eigenvalue weighted by atomic mass is 16.4. The third kappa shape index (κ3) is 2.98. The lowest BCUT2D eigenvalue weighted by atomic mass is 10.3. The van der Waals surface area contributed by atoms with E-state index in [4.69, 9.17) is 0 Å². The first-order valence-corrected chi connectivity index (χ1v) is 6.56. The molecule has 0 unspecified atom stereocenters. The van der Waals surface area contributed by atoms with E-state index in [9.17, 15) is 4.79 Å². The van der Waals surface area contributed by atoms with Crippen molar-refractivity contribution in [2.75, 3.05) is 14.2 Å². The molecular formula is C16H19N3O2. The number of fused-ring (bicyclic) bond motifs is 2. The number of nitrogens with zero attached hydrogens (tertiary/aromatic N) is 2. The normalized spacial score (nSPS) is 11.3. The smallest absolute Gasteiger partial charge is 0.144 e. The van der Waals surface area contributed by atoms with Gasteiger partial charge in [-0.25, -0.2) is 0 Å². The Balaban J connectivity index is 0.000000497. The van der Waals surface area contributed by atoms with Crippen LogP contribution in [0.2, 0.25) is 0 Å². The zero-order valence-corrected chi connectivity index (χ0v) is 12.4. The number of para-hydroxylation sites is 2. The molecule has 0 aliphatic carbocycles. The highest BCUT2D eigenvalue weighted by Crippen LogP contribution is 2.08. The third-order valence-electron chi connectivity index (χ3n) is 3.08. The highest BCUT2D eigenvalue weighted by molar-refractivity contribution is 5.88. The maximum Gasteiger partial charge on any atom is 0.144 e. The number of aromatic amines is 1. The molecule has 0 spiro atoms. The van der Waals surface area contributed by atoms with Crippen molar-refractivity contribution in [3.63, 3.8) is 0 Å². The van der Waals surface area contributed by atoms with E-state index < -0.39 is 0 Å². The minimum Gasteiger partial charge on any atom is -0.388 e. The summed E-state index contributed by atoms with van der Waals surface area (Å²) in [5.41, 5.74) is 3.00. The van der Waals surface area contributed by atoms with E-state index in [1.165, 1.54) is 0 Å². The van der Waals surface area contributed by atoms with Crippen LogP contribution in [0.4, 0.5) is 0 Å². The number of hydrogen-bond donors (Lipinski definition) is 1. The van der Waals surface area contributed by atoms with Crippen molar-refractivity contribution in [3.8, 4) is 0 Å². The van der Waals surface area contributed by atoms with Crippen molar-refractivity contribution < 1.29 is 9.53 Å². The van der Waals surface area contributed by atoms with Crippen molar-refractivity contribution in [1.29, 1.82) is 0 Å². The first-order chi connectivity index (χ1) is 10.2. The molecule has 0 radical (unpaired) electrons. The summed E-state index contributed by atoms with van der Waals surface area (Å²) >= 11 is 0. The van der Waals surface area contributed by atoms with Gasteiger partial charge in [0, 0.05) is 33.5 Å². The molecule has 0 saturated heterocycles. The Kier molecular flexibility index (Phi) is 4.79. The first kappa shape index (κ1) is 14.9. The van der Waals surface area contributed by atoms with Crippen LogP contribution in [0.1, 0.15) is 0 Å². The molecule has 110 valence electrons. The van der Waals surface area contributed by atoms with Gasteiger partial charge < -0.3 is 9.72 Å². The molecule has 3 rings (SSSR count). The fourth-order valence-electron chi connectivity index (χ4n) is 2.23. The molecule has 0 saturated carbocycles. The summed E-state index contributed by atoms with van der Waals surface area (Å²) in [7, 11) is 5.24. The molecule has 2 aromatic heterocycles. The van der Waals surface area contributed by atoms with Crippen LogP contribution in [0.25, 0.3) is 22.6 Å². The van der Waals surface area contributed by atoms with Crippen molar-refractivity contribution >= 4 is 28.9 Å². The predicted octanol–water partition coefficient (Wildman–Crippen LogP) is 1.84. The number of benzene rings is 1. The van der Waals surface area contributed by atoms with Gasteiger partial charge >= 0.3 is 0 Å². The van der Waals surface area contributed by atoms with E-state index >= 15 is 0 Å². The number of aryl methyl sites for hydroxylation is 1. The fraction of sp³-hybridized carbons (Fsp3) is 0.188. The Bertz CT molecular complexity index is 838. The van der Waals surface area contributed by atoms with Gasteiger partial charge in [-0.2, -0.15) is 0 Å². The molecule has 0 atom stereocenters. The van der Waals surface area contributed by atoms with Crippen LogP contribution in [0.15, 0.2) is 42.6 Å². The molecule has 3 aromatic rings. The Morgan fingerprint density at radius 3 is 2.48 bits per heavy atom. The van der Waals surface area contributed by atoms with Gasteiger partial charge in [-0.1, -0.05) is 12.1 Å². The topological polar surface area (TPSA) is 51.4 Å². The number of ether oxygens (including phenoxy) is 1. The molecule has 0 aliphatic heterocycles. The van der Waals surface area contributed by atoms with Gasteiger partial charge in [0.05, 0.1) is 21.9 Å². The van der Waals surface area contributed by atoms with E-state index in [0.29, 0.717) is 0 Å². The van der Waals surface area contributed by atoms with Gasteiger partial charge in [-0.05, 0) is 24.3 Å². The summed E-state index contributed by atoms with van der Waals surface area (Å²) in [5, 5.41) is 0.798. The van der Waals surface area contributed by atoms with Crippen molar-refractivity contribution in [3.05, 3.63) is 47.9 Å². The molecule has 5 nitrogen and oxygen atoms in total. The van der Waals surface area contributed by atoms with Crippen LogP contribution >= 0.6 is 0 Å². The van der Waals surface area contributed by atoms with Crippen molar-refractivity contribution in [2.45, 2.75) is 0 Å². The van der Waals surface area contributed by atoms with Crippen LogP contribution in [-0.4, -0.2) is 34.7 Å². The second-order valence-electron chi connectivity index (χ2n) is 4.53. The lowest BCUT2D eigenvalue weighted by Crippen LogP contribution is -2.08. The second-order valence-corrected chi connectivity index (χ2v) is 4.53. The summed E-state index contributed by atoms with van der Waals surface area (Å²) < 4.78 is 8.30. The Labute approximate surface area is 122 Å². The van der Waals surface area contributed by atoms with Crippen LogP contribution in [0, 0.1) is 0 Å². The van der Waals surface area contributed by atoms with Gasteiger partial charge in [0.1, 0.15) is 6.29 Å². The molecular weight excluding hydrogens is 266 g/mol. The largest absolute Gasteiger partial charge is 0.388 e. The average Bonchev–Trinajstić information content (AvgIpc) is 2.93. The SMILES string of the molecule is COC.Cn1c2ccccc2[nH]/c(=C/C=O)c2cccn21. The van der Waals surface area contributed by atoms with E-state index in [2.05, 4.69) is 9.72 Å². The number of H-pyrrole nitrogens is 1. The van der Waals surface area contributed by atoms with Crippen LogP contribution in [-0.2, 0) is 16.6 Å². The van der Waals surface area contributed by atoms with Crippen LogP contribution < -0.4 is 5.35 Å². The molecule has 21 heavy (non-hydrogen) atoms.